The zero-order chi connectivity index (χ0) is 10.7. The molecule has 15 heavy (non-hydrogen) atoms. The standard InChI is InChI=1S/C10H17N3O2/c1-7(14)10-12-9(13-15-10)6-8-2-4-11-5-3-8/h7-8,11,14H,2-6H2,1H3. The summed E-state index contributed by atoms with van der Waals surface area (Å²) in [5.41, 5.74) is 0. The van der Waals surface area contributed by atoms with Gasteiger partial charge in [0.15, 0.2) is 5.82 Å². The maximum Gasteiger partial charge on any atom is 0.255 e. The third kappa shape index (κ3) is 2.76. The third-order valence-corrected chi connectivity index (χ3v) is 2.77. The van der Waals surface area contributed by atoms with Crippen LogP contribution in [0, 0.1) is 5.92 Å². The Hall–Kier alpha value is -0.940. The first kappa shape index (κ1) is 10.6. The first-order valence-corrected chi connectivity index (χ1v) is 5.47. The van der Waals surface area contributed by atoms with Crippen molar-refractivity contribution < 1.29 is 9.63 Å². The van der Waals surface area contributed by atoms with Crippen LogP contribution in [0.1, 0.15) is 37.6 Å². The molecule has 84 valence electrons. The number of aliphatic hydroxyl groups excluding tert-OH is 1. The van der Waals surface area contributed by atoms with Crippen LogP contribution in [0.3, 0.4) is 0 Å². The number of aromatic nitrogens is 2. The quantitative estimate of drug-likeness (QED) is 0.768. The Balaban J connectivity index is 1.91. The highest BCUT2D eigenvalue weighted by Crippen LogP contribution is 2.17. The van der Waals surface area contributed by atoms with E-state index in [2.05, 4.69) is 15.5 Å². The predicted octanol–water partition coefficient (Wildman–Crippen LogP) is 0.665. The SMILES string of the molecule is CC(O)c1nc(CC2CCNCC2)no1. The van der Waals surface area contributed by atoms with Gasteiger partial charge in [0, 0.05) is 6.42 Å². The zero-order valence-corrected chi connectivity index (χ0v) is 8.94. The number of rotatable bonds is 3. The van der Waals surface area contributed by atoms with E-state index in [4.69, 9.17) is 4.52 Å². The van der Waals surface area contributed by atoms with Gasteiger partial charge in [-0.1, -0.05) is 5.16 Å². The Kier molecular flexibility index (Phi) is 3.33. The minimum atomic E-state index is -0.667. The molecule has 2 rings (SSSR count). The number of aliphatic hydroxyl groups is 1. The maximum absolute atomic E-state index is 9.24. The summed E-state index contributed by atoms with van der Waals surface area (Å²) in [4.78, 5) is 4.16. The van der Waals surface area contributed by atoms with Crippen LogP contribution in [0.5, 0.6) is 0 Å². The molecule has 0 aliphatic carbocycles. The molecule has 1 aliphatic heterocycles. The van der Waals surface area contributed by atoms with Crippen molar-refractivity contribution in [1.29, 1.82) is 0 Å². The van der Waals surface area contributed by atoms with Crippen LogP contribution in [0.4, 0.5) is 0 Å². The van der Waals surface area contributed by atoms with Crippen LogP contribution in [0.25, 0.3) is 0 Å². The summed E-state index contributed by atoms with van der Waals surface area (Å²) in [6.45, 7) is 3.78. The summed E-state index contributed by atoms with van der Waals surface area (Å²) in [6.07, 6.45) is 2.52. The Morgan fingerprint density at radius 1 is 1.53 bits per heavy atom. The van der Waals surface area contributed by atoms with E-state index in [0.717, 1.165) is 25.3 Å². The lowest BCUT2D eigenvalue weighted by molar-refractivity contribution is 0.151. The Morgan fingerprint density at radius 2 is 2.27 bits per heavy atom. The van der Waals surface area contributed by atoms with Crippen molar-refractivity contribution in [3.05, 3.63) is 11.7 Å². The van der Waals surface area contributed by atoms with Gasteiger partial charge in [0.05, 0.1) is 0 Å². The van der Waals surface area contributed by atoms with Crippen molar-refractivity contribution in [2.75, 3.05) is 13.1 Å². The van der Waals surface area contributed by atoms with E-state index in [9.17, 15) is 5.11 Å². The third-order valence-electron chi connectivity index (χ3n) is 2.77. The highest BCUT2D eigenvalue weighted by Gasteiger charge is 2.17. The molecule has 5 nitrogen and oxygen atoms in total. The first-order chi connectivity index (χ1) is 7.25. The predicted molar refractivity (Wildman–Crippen MR) is 54.2 cm³/mol. The van der Waals surface area contributed by atoms with E-state index in [1.165, 1.54) is 12.8 Å². The van der Waals surface area contributed by atoms with Crippen LogP contribution < -0.4 is 5.32 Å². The molecule has 2 N–H and O–H groups in total. The van der Waals surface area contributed by atoms with Gasteiger partial charge in [-0.05, 0) is 38.8 Å². The van der Waals surface area contributed by atoms with Crippen LogP contribution in [-0.2, 0) is 6.42 Å². The Bertz CT molecular complexity index is 305. The monoisotopic (exact) mass is 211 g/mol. The lowest BCUT2D eigenvalue weighted by Crippen LogP contribution is -2.28. The molecule has 0 aromatic carbocycles. The lowest BCUT2D eigenvalue weighted by Gasteiger charge is -2.20. The second kappa shape index (κ2) is 4.72. The molecule has 1 unspecified atom stereocenters. The highest BCUT2D eigenvalue weighted by atomic mass is 16.5. The molecule has 1 aliphatic rings. The fourth-order valence-electron chi connectivity index (χ4n) is 1.86. The van der Waals surface area contributed by atoms with Crippen molar-refractivity contribution in [3.8, 4) is 0 Å². The van der Waals surface area contributed by atoms with Crippen molar-refractivity contribution in [3.63, 3.8) is 0 Å². The molecule has 1 saturated heterocycles. The van der Waals surface area contributed by atoms with Gasteiger partial charge in [0.25, 0.3) is 5.89 Å². The van der Waals surface area contributed by atoms with Crippen LogP contribution >= 0.6 is 0 Å². The number of nitrogens with one attached hydrogen (secondary N) is 1. The largest absolute Gasteiger partial charge is 0.384 e. The Labute approximate surface area is 88.9 Å². The molecule has 0 spiro atoms. The fourth-order valence-corrected chi connectivity index (χ4v) is 1.86. The summed E-state index contributed by atoms with van der Waals surface area (Å²) in [5.74, 6) is 1.68. The smallest absolute Gasteiger partial charge is 0.255 e. The van der Waals surface area contributed by atoms with E-state index in [0.29, 0.717) is 11.8 Å². The summed E-state index contributed by atoms with van der Waals surface area (Å²) in [7, 11) is 0. The minimum Gasteiger partial charge on any atom is -0.384 e. The second-order valence-electron chi connectivity index (χ2n) is 4.12. The molecule has 1 aromatic heterocycles. The summed E-state index contributed by atoms with van der Waals surface area (Å²) in [5, 5.41) is 16.4. The van der Waals surface area contributed by atoms with E-state index >= 15 is 0 Å². The molecule has 2 heterocycles. The number of hydrogen-bond acceptors (Lipinski definition) is 5. The normalized spacial score (nSPS) is 20.4. The fraction of sp³-hybridized carbons (Fsp3) is 0.800. The van der Waals surface area contributed by atoms with E-state index in [-0.39, 0.29) is 0 Å². The van der Waals surface area contributed by atoms with Gasteiger partial charge in [-0.3, -0.25) is 0 Å². The zero-order valence-electron chi connectivity index (χ0n) is 8.94. The summed E-state index contributed by atoms with van der Waals surface area (Å²) >= 11 is 0. The second-order valence-corrected chi connectivity index (χ2v) is 4.12. The van der Waals surface area contributed by atoms with Gasteiger partial charge < -0.3 is 14.9 Å². The van der Waals surface area contributed by atoms with E-state index in [1.54, 1.807) is 6.92 Å². The van der Waals surface area contributed by atoms with Crippen molar-refractivity contribution in [2.24, 2.45) is 5.92 Å². The topological polar surface area (TPSA) is 71.2 Å². The maximum atomic E-state index is 9.24. The van der Waals surface area contributed by atoms with Crippen molar-refractivity contribution >= 4 is 0 Å². The van der Waals surface area contributed by atoms with Crippen LogP contribution in [-0.4, -0.2) is 28.3 Å². The highest BCUT2D eigenvalue weighted by molar-refractivity contribution is 4.91. The van der Waals surface area contributed by atoms with Gasteiger partial charge >= 0.3 is 0 Å². The molecule has 0 bridgehead atoms. The van der Waals surface area contributed by atoms with E-state index < -0.39 is 6.10 Å². The molecule has 1 fully saturated rings. The molecule has 0 saturated carbocycles. The number of nitrogens with zero attached hydrogens (tertiary/aromatic N) is 2. The van der Waals surface area contributed by atoms with Crippen molar-refractivity contribution in [2.45, 2.75) is 32.3 Å². The number of hydrogen-bond donors (Lipinski definition) is 2. The van der Waals surface area contributed by atoms with Crippen molar-refractivity contribution in [1.82, 2.24) is 15.5 Å². The average Bonchev–Trinajstić information content (AvgIpc) is 2.68. The first-order valence-electron chi connectivity index (χ1n) is 5.47. The number of piperidine rings is 1. The molecule has 0 radical (unpaired) electrons. The summed E-state index contributed by atoms with van der Waals surface area (Å²) < 4.78 is 4.94. The van der Waals surface area contributed by atoms with Crippen LogP contribution in [0.2, 0.25) is 0 Å². The van der Waals surface area contributed by atoms with Gasteiger partial charge in [0.1, 0.15) is 6.10 Å². The Morgan fingerprint density at radius 3 is 2.87 bits per heavy atom. The van der Waals surface area contributed by atoms with Gasteiger partial charge in [-0.25, -0.2) is 0 Å². The molecule has 5 heteroatoms. The minimum absolute atomic E-state index is 0.318. The van der Waals surface area contributed by atoms with E-state index in [1.807, 2.05) is 0 Å². The summed E-state index contributed by atoms with van der Waals surface area (Å²) in [6, 6.07) is 0. The van der Waals surface area contributed by atoms with Gasteiger partial charge in [-0.2, -0.15) is 4.98 Å². The molecular weight excluding hydrogens is 194 g/mol. The molecule has 1 aromatic rings. The average molecular weight is 211 g/mol. The molecule has 1 atom stereocenters. The van der Waals surface area contributed by atoms with Gasteiger partial charge in [0.2, 0.25) is 0 Å². The molecule has 0 amide bonds. The molecular formula is C10H17N3O2. The lowest BCUT2D eigenvalue weighted by atomic mass is 9.94. The van der Waals surface area contributed by atoms with Gasteiger partial charge in [-0.15, -0.1) is 0 Å². The van der Waals surface area contributed by atoms with Crippen LogP contribution in [0.15, 0.2) is 4.52 Å².